The smallest absolute Gasteiger partial charge is 0.179 e. The molecule has 0 N–H and O–H groups in total. The highest BCUT2D eigenvalue weighted by molar-refractivity contribution is 9.10. The molecule has 0 radical (unpaired) electrons. The Morgan fingerprint density at radius 3 is 2.65 bits per heavy atom. The largest absolute Gasteiger partial charge is 0.493 e. The molecule has 0 aromatic heterocycles. The molecule has 1 rings (SSSR count). The first-order valence-electron chi connectivity index (χ1n) is 5.13. The van der Waals surface area contributed by atoms with Crippen molar-refractivity contribution in [2.24, 2.45) is 0 Å². The lowest BCUT2D eigenvalue weighted by molar-refractivity contribution is 0.250. The van der Waals surface area contributed by atoms with Crippen LogP contribution in [0.15, 0.2) is 16.6 Å². The van der Waals surface area contributed by atoms with Crippen LogP contribution in [-0.4, -0.2) is 39.3 Å². The Morgan fingerprint density at radius 1 is 1.41 bits per heavy atom. The Labute approximate surface area is 110 Å². The summed E-state index contributed by atoms with van der Waals surface area (Å²) in [5, 5.41) is 9.05. The van der Waals surface area contributed by atoms with Crippen molar-refractivity contribution < 1.29 is 9.47 Å². The zero-order valence-corrected chi connectivity index (χ0v) is 11.7. The van der Waals surface area contributed by atoms with Gasteiger partial charge in [-0.2, -0.15) is 5.26 Å². The highest BCUT2D eigenvalue weighted by Gasteiger charge is 2.12. The third kappa shape index (κ3) is 3.91. The highest BCUT2D eigenvalue weighted by Crippen LogP contribution is 2.34. The monoisotopic (exact) mass is 298 g/mol. The van der Waals surface area contributed by atoms with Crippen LogP contribution in [0.2, 0.25) is 0 Å². The van der Waals surface area contributed by atoms with E-state index in [2.05, 4.69) is 22.0 Å². The molecule has 92 valence electrons. The van der Waals surface area contributed by atoms with Crippen molar-refractivity contribution in [2.45, 2.75) is 0 Å². The molecule has 1 aromatic rings. The summed E-state index contributed by atoms with van der Waals surface area (Å²) in [6.45, 7) is 1.30. The molecular formula is C12H15BrN2O2. The molecule has 0 aliphatic heterocycles. The molecule has 0 bridgehead atoms. The molecule has 0 saturated heterocycles. The molecule has 0 aliphatic carbocycles. The van der Waals surface area contributed by atoms with Gasteiger partial charge < -0.3 is 14.4 Å². The Balaban J connectivity index is 2.92. The van der Waals surface area contributed by atoms with Gasteiger partial charge in [0.1, 0.15) is 12.7 Å². The second kappa shape index (κ2) is 6.48. The van der Waals surface area contributed by atoms with Gasteiger partial charge in [-0.3, -0.25) is 0 Å². The molecule has 0 amide bonds. The maximum Gasteiger partial charge on any atom is 0.179 e. The van der Waals surface area contributed by atoms with E-state index < -0.39 is 0 Å². The molecule has 17 heavy (non-hydrogen) atoms. The highest BCUT2D eigenvalue weighted by atomic mass is 79.9. The van der Waals surface area contributed by atoms with Crippen LogP contribution in [0.25, 0.3) is 0 Å². The van der Waals surface area contributed by atoms with Crippen LogP contribution in [0.1, 0.15) is 5.56 Å². The van der Waals surface area contributed by atoms with Crippen LogP contribution in [-0.2, 0) is 0 Å². The van der Waals surface area contributed by atoms with Crippen molar-refractivity contribution in [3.63, 3.8) is 0 Å². The maximum absolute atomic E-state index is 9.05. The minimum absolute atomic E-state index is 0.468. The molecule has 0 atom stereocenters. The van der Waals surface area contributed by atoms with Gasteiger partial charge in [-0.15, -0.1) is 0 Å². The first-order valence-corrected chi connectivity index (χ1v) is 5.93. The van der Waals surface area contributed by atoms with E-state index in [1.165, 1.54) is 0 Å². The minimum atomic E-state index is 0.468. The SMILES string of the molecule is COc1cc(Br)cc(C#N)c1OCCN(C)C. The number of rotatable bonds is 5. The fraction of sp³-hybridized carbons (Fsp3) is 0.417. The lowest BCUT2D eigenvalue weighted by Crippen LogP contribution is -2.19. The summed E-state index contributed by atoms with van der Waals surface area (Å²) in [7, 11) is 5.49. The van der Waals surface area contributed by atoms with Gasteiger partial charge in [0, 0.05) is 11.0 Å². The predicted octanol–water partition coefficient (Wildman–Crippen LogP) is 2.27. The van der Waals surface area contributed by atoms with Crippen molar-refractivity contribution in [2.75, 3.05) is 34.4 Å². The third-order valence-corrected chi connectivity index (χ3v) is 2.60. The third-order valence-electron chi connectivity index (χ3n) is 2.14. The van der Waals surface area contributed by atoms with Gasteiger partial charge in [0.05, 0.1) is 12.7 Å². The molecule has 0 unspecified atom stereocenters. The molecule has 5 heteroatoms. The summed E-state index contributed by atoms with van der Waals surface area (Å²) in [5.41, 5.74) is 0.468. The van der Waals surface area contributed by atoms with Gasteiger partial charge in [-0.05, 0) is 26.2 Å². The lowest BCUT2D eigenvalue weighted by Gasteiger charge is -2.14. The first-order chi connectivity index (χ1) is 8.08. The number of nitriles is 1. The number of benzene rings is 1. The van der Waals surface area contributed by atoms with Gasteiger partial charge in [-0.1, -0.05) is 15.9 Å². The number of likely N-dealkylation sites (N-methyl/N-ethyl adjacent to an activating group) is 1. The van der Waals surface area contributed by atoms with Gasteiger partial charge in [0.15, 0.2) is 11.5 Å². The van der Waals surface area contributed by atoms with E-state index in [0.717, 1.165) is 11.0 Å². The number of halogens is 1. The Bertz CT molecular complexity index is 427. The van der Waals surface area contributed by atoms with Crippen LogP contribution >= 0.6 is 15.9 Å². The van der Waals surface area contributed by atoms with Crippen LogP contribution in [0.5, 0.6) is 11.5 Å². The Kier molecular flexibility index (Phi) is 5.26. The van der Waals surface area contributed by atoms with Crippen molar-refractivity contribution in [1.82, 2.24) is 4.90 Å². The van der Waals surface area contributed by atoms with E-state index in [-0.39, 0.29) is 0 Å². The molecule has 0 heterocycles. The summed E-state index contributed by atoms with van der Waals surface area (Å²) in [6, 6.07) is 5.60. The molecule has 1 aromatic carbocycles. The van der Waals surface area contributed by atoms with E-state index in [1.54, 1.807) is 19.2 Å². The van der Waals surface area contributed by atoms with Crippen LogP contribution in [0, 0.1) is 11.3 Å². The standard InChI is InChI=1S/C12H15BrN2O2/c1-15(2)4-5-17-12-9(8-14)6-10(13)7-11(12)16-3/h6-7H,4-5H2,1-3H3. The quantitative estimate of drug-likeness (QED) is 0.836. The molecule has 0 saturated carbocycles. The van der Waals surface area contributed by atoms with Crippen LogP contribution in [0.4, 0.5) is 0 Å². The zero-order valence-electron chi connectivity index (χ0n) is 10.2. The molecular weight excluding hydrogens is 284 g/mol. The fourth-order valence-electron chi connectivity index (χ4n) is 1.28. The predicted molar refractivity (Wildman–Crippen MR) is 69.5 cm³/mol. The topological polar surface area (TPSA) is 45.5 Å². The summed E-state index contributed by atoms with van der Waals surface area (Å²) < 4.78 is 11.6. The van der Waals surface area contributed by atoms with Crippen LogP contribution < -0.4 is 9.47 Å². The minimum Gasteiger partial charge on any atom is -0.493 e. The zero-order chi connectivity index (χ0) is 12.8. The number of hydrogen-bond acceptors (Lipinski definition) is 4. The second-order valence-corrected chi connectivity index (χ2v) is 4.66. The average molecular weight is 299 g/mol. The van der Waals surface area contributed by atoms with Gasteiger partial charge in [0.2, 0.25) is 0 Å². The van der Waals surface area contributed by atoms with Gasteiger partial charge in [0.25, 0.3) is 0 Å². The number of methoxy groups -OCH3 is 1. The van der Waals surface area contributed by atoms with E-state index >= 15 is 0 Å². The van der Waals surface area contributed by atoms with E-state index in [9.17, 15) is 0 Å². The number of nitrogens with zero attached hydrogens (tertiary/aromatic N) is 2. The summed E-state index contributed by atoms with van der Waals surface area (Å²) in [4.78, 5) is 2.01. The van der Waals surface area contributed by atoms with Gasteiger partial charge in [-0.25, -0.2) is 0 Å². The molecule has 0 fully saturated rings. The first kappa shape index (κ1) is 13.8. The average Bonchev–Trinajstić information content (AvgIpc) is 2.29. The van der Waals surface area contributed by atoms with Crippen molar-refractivity contribution in [3.05, 3.63) is 22.2 Å². The summed E-state index contributed by atoms with van der Waals surface area (Å²) in [6.07, 6.45) is 0. The fourth-order valence-corrected chi connectivity index (χ4v) is 1.72. The van der Waals surface area contributed by atoms with Crippen LogP contribution in [0.3, 0.4) is 0 Å². The maximum atomic E-state index is 9.05. The Morgan fingerprint density at radius 2 is 2.12 bits per heavy atom. The summed E-state index contributed by atoms with van der Waals surface area (Å²) in [5.74, 6) is 1.06. The van der Waals surface area contributed by atoms with Crippen molar-refractivity contribution in [1.29, 1.82) is 5.26 Å². The Hall–Kier alpha value is -1.25. The lowest BCUT2D eigenvalue weighted by atomic mass is 10.2. The molecule has 4 nitrogen and oxygen atoms in total. The second-order valence-electron chi connectivity index (χ2n) is 3.75. The number of hydrogen-bond donors (Lipinski definition) is 0. The van der Waals surface area contributed by atoms with E-state index in [1.807, 2.05) is 19.0 Å². The normalized spacial score (nSPS) is 10.1. The molecule has 0 aliphatic rings. The number of ether oxygens (including phenoxy) is 2. The van der Waals surface area contributed by atoms with Crippen molar-refractivity contribution in [3.8, 4) is 17.6 Å². The van der Waals surface area contributed by atoms with Gasteiger partial charge >= 0.3 is 0 Å². The van der Waals surface area contributed by atoms with Crippen molar-refractivity contribution >= 4 is 15.9 Å². The van der Waals surface area contributed by atoms with E-state index in [0.29, 0.717) is 23.7 Å². The van der Waals surface area contributed by atoms with E-state index in [4.69, 9.17) is 14.7 Å². The molecule has 0 spiro atoms. The summed E-state index contributed by atoms with van der Waals surface area (Å²) >= 11 is 3.33.